The van der Waals surface area contributed by atoms with E-state index in [-0.39, 0.29) is 0 Å². The molecule has 0 saturated heterocycles. The molecular formula is C15H11NOS2. The third-order valence-corrected chi connectivity index (χ3v) is 5.52. The first-order chi connectivity index (χ1) is 9.31. The van der Waals surface area contributed by atoms with Gasteiger partial charge in [0.15, 0.2) is 0 Å². The molecular weight excluding hydrogens is 274 g/mol. The van der Waals surface area contributed by atoms with Crippen molar-refractivity contribution in [2.75, 3.05) is 0 Å². The zero-order valence-electron chi connectivity index (χ0n) is 10.1. The molecule has 0 saturated carbocycles. The van der Waals surface area contributed by atoms with E-state index in [4.69, 9.17) is 4.98 Å². The number of phenolic OH excluding ortho intramolecular Hbond substituents is 1. The van der Waals surface area contributed by atoms with Gasteiger partial charge >= 0.3 is 0 Å². The molecule has 0 unspecified atom stereocenters. The number of phenols is 1. The first kappa shape index (κ1) is 11.2. The van der Waals surface area contributed by atoms with Crippen LogP contribution < -0.4 is 0 Å². The molecule has 94 valence electrons. The molecule has 2 heterocycles. The lowest BCUT2D eigenvalue weighted by atomic mass is 10.0. The van der Waals surface area contributed by atoms with Crippen molar-refractivity contribution in [2.24, 2.45) is 0 Å². The normalized spacial score (nSPS) is 13.1. The van der Waals surface area contributed by atoms with Crippen LogP contribution in [0.1, 0.15) is 9.75 Å². The third-order valence-electron chi connectivity index (χ3n) is 3.37. The highest BCUT2D eigenvalue weighted by atomic mass is 32.1. The summed E-state index contributed by atoms with van der Waals surface area (Å²) in [7, 11) is 0. The molecule has 0 radical (unpaired) electrons. The van der Waals surface area contributed by atoms with Crippen molar-refractivity contribution in [3.05, 3.63) is 45.5 Å². The SMILES string of the molecule is Oc1cccc(-c2nc3c(s2)CCc2sccc2-3)c1. The van der Waals surface area contributed by atoms with Gasteiger partial charge in [-0.15, -0.1) is 22.7 Å². The molecule has 2 nitrogen and oxygen atoms in total. The molecule has 0 aliphatic heterocycles. The third kappa shape index (κ3) is 1.79. The average molecular weight is 285 g/mol. The molecule has 3 aromatic rings. The molecule has 1 aliphatic rings. The van der Waals surface area contributed by atoms with Crippen molar-refractivity contribution >= 4 is 22.7 Å². The zero-order valence-corrected chi connectivity index (χ0v) is 11.7. The quantitative estimate of drug-likeness (QED) is 0.721. The number of rotatable bonds is 1. The maximum Gasteiger partial charge on any atom is 0.124 e. The summed E-state index contributed by atoms with van der Waals surface area (Å²) in [5.41, 5.74) is 3.44. The standard InChI is InChI=1S/C15H11NOS2/c17-10-3-1-2-9(8-10)15-16-14-11-6-7-18-12(11)4-5-13(14)19-15/h1-3,6-8,17H,4-5H2. The van der Waals surface area contributed by atoms with Gasteiger partial charge in [-0.3, -0.25) is 0 Å². The Morgan fingerprint density at radius 2 is 2.00 bits per heavy atom. The Morgan fingerprint density at radius 1 is 1.11 bits per heavy atom. The first-order valence-electron chi connectivity index (χ1n) is 6.17. The van der Waals surface area contributed by atoms with E-state index in [1.165, 1.54) is 15.3 Å². The highest BCUT2D eigenvalue weighted by Gasteiger charge is 2.22. The molecule has 0 bridgehead atoms. The van der Waals surface area contributed by atoms with Crippen LogP contribution in [-0.4, -0.2) is 10.1 Å². The second-order valence-corrected chi connectivity index (χ2v) is 6.68. The molecule has 2 aromatic heterocycles. The van der Waals surface area contributed by atoms with Gasteiger partial charge in [-0.1, -0.05) is 12.1 Å². The second kappa shape index (κ2) is 4.18. The minimum Gasteiger partial charge on any atom is -0.508 e. The fourth-order valence-electron chi connectivity index (χ4n) is 2.47. The molecule has 0 amide bonds. The van der Waals surface area contributed by atoms with Gasteiger partial charge in [-0.2, -0.15) is 0 Å². The lowest BCUT2D eigenvalue weighted by molar-refractivity contribution is 0.475. The summed E-state index contributed by atoms with van der Waals surface area (Å²) < 4.78 is 0. The van der Waals surface area contributed by atoms with Crippen LogP contribution in [0.2, 0.25) is 0 Å². The number of hydrogen-bond acceptors (Lipinski definition) is 4. The van der Waals surface area contributed by atoms with Crippen molar-refractivity contribution in [1.29, 1.82) is 0 Å². The van der Waals surface area contributed by atoms with E-state index in [9.17, 15) is 5.11 Å². The summed E-state index contributed by atoms with van der Waals surface area (Å²) in [5, 5.41) is 12.7. The van der Waals surface area contributed by atoms with E-state index in [0.29, 0.717) is 5.75 Å². The highest BCUT2D eigenvalue weighted by Crippen LogP contribution is 2.41. The Kier molecular flexibility index (Phi) is 2.47. The molecule has 1 aromatic carbocycles. The maximum atomic E-state index is 9.58. The Hall–Kier alpha value is -1.65. The smallest absolute Gasteiger partial charge is 0.124 e. The fourth-order valence-corrected chi connectivity index (χ4v) is 4.42. The molecule has 4 heteroatoms. The summed E-state index contributed by atoms with van der Waals surface area (Å²) in [6.45, 7) is 0. The molecule has 19 heavy (non-hydrogen) atoms. The van der Waals surface area contributed by atoms with Gasteiger partial charge in [-0.05, 0) is 36.4 Å². The molecule has 0 atom stereocenters. The number of aryl methyl sites for hydroxylation is 2. The minimum atomic E-state index is 0.293. The van der Waals surface area contributed by atoms with Gasteiger partial charge in [0.1, 0.15) is 10.8 Å². The second-order valence-electron chi connectivity index (χ2n) is 4.60. The van der Waals surface area contributed by atoms with E-state index < -0.39 is 0 Å². The van der Waals surface area contributed by atoms with Crippen LogP contribution in [0.5, 0.6) is 5.75 Å². The fraction of sp³-hybridized carbons (Fsp3) is 0.133. The summed E-state index contributed by atoms with van der Waals surface area (Å²) in [5.74, 6) is 0.293. The van der Waals surface area contributed by atoms with Gasteiger partial charge in [0.2, 0.25) is 0 Å². The predicted molar refractivity (Wildman–Crippen MR) is 79.9 cm³/mol. The number of aromatic nitrogens is 1. The van der Waals surface area contributed by atoms with Crippen LogP contribution in [0.3, 0.4) is 0 Å². The number of fused-ring (bicyclic) bond motifs is 3. The van der Waals surface area contributed by atoms with Crippen LogP contribution >= 0.6 is 22.7 Å². The van der Waals surface area contributed by atoms with Crippen molar-refractivity contribution in [3.8, 4) is 27.6 Å². The largest absolute Gasteiger partial charge is 0.508 e. The Labute approximate surface area is 119 Å². The number of aromatic hydroxyl groups is 1. The lowest BCUT2D eigenvalue weighted by Gasteiger charge is -2.09. The van der Waals surface area contributed by atoms with Crippen LogP contribution in [0, 0.1) is 0 Å². The van der Waals surface area contributed by atoms with E-state index in [2.05, 4.69) is 11.4 Å². The van der Waals surface area contributed by atoms with Crippen molar-refractivity contribution < 1.29 is 5.11 Å². The van der Waals surface area contributed by atoms with Crippen LogP contribution in [0.15, 0.2) is 35.7 Å². The first-order valence-corrected chi connectivity index (χ1v) is 7.87. The van der Waals surface area contributed by atoms with E-state index >= 15 is 0 Å². The Bertz CT molecular complexity index is 757. The van der Waals surface area contributed by atoms with E-state index in [1.54, 1.807) is 23.5 Å². The number of thiophene rings is 1. The number of thiazole rings is 1. The number of benzene rings is 1. The molecule has 0 fully saturated rings. The number of hydrogen-bond donors (Lipinski definition) is 1. The average Bonchev–Trinajstić information content (AvgIpc) is 3.04. The van der Waals surface area contributed by atoms with Gasteiger partial charge in [-0.25, -0.2) is 4.98 Å². The highest BCUT2D eigenvalue weighted by molar-refractivity contribution is 7.15. The van der Waals surface area contributed by atoms with Crippen molar-refractivity contribution in [1.82, 2.24) is 4.98 Å². The zero-order chi connectivity index (χ0) is 12.8. The van der Waals surface area contributed by atoms with Gasteiger partial charge in [0, 0.05) is 20.9 Å². The summed E-state index contributed by atoms with van der Waals surface area (Å²) in [6, 6.07) is 9.50. The Balaban J connectivity index is 1.86. The molecule has 1 N–H and O–H groups in total. The van der Waals surface area contributed by atoms with Crippen molar-refractivity contribution in [2.45, 2.75) is 12.8 Å². The van der Waals surface area contributed by atoms with Gasteiger partial charge < -0.3 is 5.11 Å². The molecule has 1 aliphatic carbocycles. The topological polar surface area (TPSA) is 33.1 Å². The maximum absolute atomic E-state index is 9.58. The van der Waals surface area contributed by atoms with Gasteiger partial charge in [0.25, 0.3) is 0 Å². The van der Waals surface area contributed by atoms with E-state index in [1.807, 2.05) is 23.5 Å². The van der Waals surface area contributed by atoms with E-state index in [0.717, 1.165) is 29.1 Å². The van der Waals surface area contributed by atoms with Gasteiger partial charge in [0.05, 0.1) is 5.69 Å². The monoisotopic (exact) mass is 285 g/mol. The summed E-state index contributed by atoms with van der Waals surface area (Å²) in [6.07, 6.45) is 2.21. The lowest BCUT2D eigenvalue weighted by Crippen LogP contribution is -1.97. The Morgan fingerprint density at radius 3 is 2.89 bits per heavy atom. The minimum absolute atomic E-state index is 0.293. The molecule has 4 rings (SSSR count). The summed E-state index contributed by atoms with van der Waals surface area (Å²) >= 11 is 3.57. The molecule has 0 spiro atoms. The summed E-state index contributed by atoms with van der Waals surface area (Å²) in [4.78, 5) is 7.60. The number of nitrogens with zero attached hydrogens (tertiary/aromatic N) is 1. The van der Waals surface area contributed by atoms with Crippen molar-refractivity contribution in [3.63, 3.8) is 0 Å². The van der Waals surface area contributed by atoms with Crippen LogP contribution in [0.25, 0.3) is 21.8 Å². The van der Waals surface area contributed by atoms with Crippen LogP contribution in [-0.2, 0) is 12.8 Å². The van der Waals surface area contributed by atoms with Crippen LogP contribution in [0.4, 0.5) is 0 Å². The predicted octanol–water partition coefficient (Wildman–Crippen LogP) is 4.34.